The summed E-state index contributed by atoms with van der Waals surface area (Å²) in [4.78, 5) is 32.7. The van der Waals surface area contributed by atoms with Gasteiger partial charge in [-0.3, -0.25) is 14.6 Å². The van der Waals surface area contributed by atoms with Crippen molar-refractivity contribution in [3.63, 3.8) is 0 Å². The number of rotatable bonds is 4. The average Bonchev–Trinajstić information content (AvgIpc) is 2.83. The highest BCUT2D eigenvalue weighted by Gasteiger charge is 2.33. The molecular weight excluding hydrogens is 364 g/mol. The molecule has 1 aliphatic rings. The Labute approximate surface area is 163 Å². The van der Waals surface area contributed by atoms with Gasteiger partial charge in [-0.25, -0.2) is 8.78 Å². The summed E-state index contributed by atoms with van der Waals surface area (Å²) in [5.74, 6) is -1.20. The molecule has 0 N–H and O–H groups in total. The van der Waals surface area contributed by atoms with Gasteiger partial charge in [-0.1, -0.05) is 26.0 Å². The van der Waals surface area contributed by atoms with Crippen LogP contribution in [-0.2, 0) is 11.3 Å². The van der Waals surface area contributed by atoms with Crippen LogP contribution in [0.25, 0.3) is 0 Å². The van der Waals surface area contributed by atoms with E-state index in [0.29, 0.717) is 13.1 Å². The molecule has 28 heavy (non-hydrogen) atoms. The molecular formula is C21H23F2N3O2. The van der Waals surface area contributed by atoms with Crippen molar-refractivity contribution in [2.24, 2.45) is 5.92 Å². The predicted octanol–water partition coefficient (Wildman–Crippen LogP) is 3.26. The first-order chi connectivity index (χ1) is 13.3. The molecule has 148 valence electrons. The maximum atomic E-state index is 13.5. The van der Waals surface area contributed by atoms with Gasteiger partial charge in [0.15, 0.2) is 0 Å². The molecule has 0 radical (unpaired) electrons. The summed E-state index contributed by atoms with van der Waals surface area (Å²) < 4.78 is 26.6. The topological polar surface area (TPSA) is 53.5 Å². The monoisotopic (exact) mass is 387 g/mol. The van der Waals surface area contributed by atoms with Crippen molar-refractivity contribution in [2.45, 2.75) is 32.9 Å². The third kappa shape index (κ3) is 4.52. The lowest BCUT2D eigenvalue weighted by atomic mass is 10.0. The number of aromatic nitrogens is 1. The molecule has 0 bridgehead atoms. The summed E-state index contributed by atoms with van der Waals surface area (Å²) in [7, 11) is 0. The minimum absolute atomic E-state index is 0.0595. The molecule has 0 spiro atoms. The third-order valence-corrected chi connectivity index (χ3v) is 5.00. The second-order valence-electron chi connectivity index (χ2n) is 7.35. The first-order valence-electron chi connectivity index (χ1n) is 9.29. The van der Waals surface area contributed by atoms with Crippen molar-refractivity contribution in [2.75, 3.05) is 13.1 Å². The van der Waals surface area contributed by atoms with Crippen LogP contribution in [0, 0.1) is 17.6 Å². The molecule has 1 unspecified atom stereocenters. The molecule has 2 aromatic rings. The quantitative estimate of drug-likeness (QED) is 0.809. The number of pyridine rings is 1. The van der Waals surface area contributed by atoms with Gasteiger partial charge in [-0.2, -0.15) is 0 Å². The van der Waals surface area contributed by atoms with Crippen molar-refractivity contribution >= 4 is 11.8 Å². The molecule has 3 rings (SSSR count). The molecule has 1 fully saturated rings. The number of nitrogens with zero attached hydrogens (tertiary/aromatic N) is 3. The number of benzene rings is 1. The second-order valence-corrected chi connectivity index (χ2v) is 7.35. The van der Waals surface area contributed by atoms with Gasteiger partial charge in [0.25, 0.3) is 5.91 Å². The van der Waals surface area contributed by atoms with E-state index in [4.69, 9.17) is 0 Å². The van der Waals surface area contributed by atoms with E-state index >= 15 is 0 Å². The minimum Gasteiger partial charge on any atom is -0.336 e. The molecule has 5 nitrogen and oxygen atoms in total. The molecule has 1 aromatic carbocycles. The van der Waals surface area contributed by atoms with E-state index < -0.39 is 5.82 Å². The van der Waals surface area contributed by atoms with E-state index in [2.05, 4.69) is 4.98 Å². The Morgan fingerprint density at radius 2 is 1.89 bits per heavy atom. The first kappa shape index (κ1) is 19.9. The first-order valence-corrected chi connectivity index (χ1v) is 9.29. The molecule has 1 saturated heterocycles. The Morgan fingerprint density at radius 1 is 1.18 bits per heavy atom. The zero-order valence-corrected chi connectivity index (χ0v) is 15.9. The number of carbonyl (C=O) groups excluding carboxylic acids is 2. The second kappa shape index (κ2) is 8.46. The van der Waals surface area contributed by atoms with Gasteiger partial charge in [-0.05, 0) is 29.7 Å². The SMILES string of the molecule is CC(C)C1CN(C(=O)c2cncc(F)c2)CCC(=O)N1Cc1ccc(F)cc1. The Morgan fingerprint density at radius 3 is 2.54 bits per heavy atom. The van der Waals surface area contributed by atoms with Gasteiger partial charge in [0.05, 0.1) is 17.8 Å². The van der Waals surface area contributed by atoms with E-state index in [1.807, 2.05) is 13.8 Å². The molecule has 2 amide bonds. The number of hydrogen-bond acceptors (Lipinski definition) is 3. The lowest BCUT2D eigenvalue weighted by Gasteiger charge is -2.34. The molecule has 1 atom stereocenters. The van der Waals surface area contributed by atoms with Gasteiger partial charge in [0.1, 0.15) is 11.6 Å². The lowest BCUT2D eigenvalue weighted by molar-refractivity contribution is -0.134. The fourth-order valence-corrected chi connectivity index (χ4v) is 3.43. The Balaban J connectivity index is 1.83. The molecule has 0 saturated carbocycles. The lowest BCUT2D eigenvalue weighted by Crippen LogP contribution is -2.47. The summed E-state index contributed by atoms with van der Waals surface area (Å²) in [6.45, 7) is 4.95. The largest absolute Gasteiger partial charge is 0.336 e. The normalized spacial score (nSPS) is 17.8. The summed E-state index contributed by atoms with van der Waals surface area (Å²) >= 11 is 0. The summed E-state index contributed by atoms with van der Waals surface area (Å²) in [6.07, 6.45) is 2.56. The maximum absolute atomic E-state index is 13.5. The van der Waals surface area contributed by atoms with Crippen LogP contribution in [0.3, 0.4) is 0 Å². The average molecular weight is 387 g/mol. The van der Waals surface area contributed by atoms with Gasteiger partial charge in [-0.15, -0.1) is 0 Å². The number of amides is 2. The predicted molar refractivity (Wildman–Crippen MR) is 100 cm³/mol. The van der Waals surface area contributed by atoms with Crippen molar-refractivity contribution in [1.82, 2.24) is 14.8 Å². The standard InChI is InChI=1S/C21H23F2N3O2/c1-14(2)19-13-25(21(28)16-9-18(23)11-24-10-16)8-7-20(27)26(19)12-15-3-5-17(22)6-4-15/h3-6,9-11,14,19H,7-8,12-13H2,1-2H3. The Kier molecular flexibility index (Phi) is 6.02. The molecule has 1 aliphatic heterocycles. The van der Waals surface area contributed by atoms with Crippen LogP contribution in [-0.4, -0.2) is 45.7 Å². The smallest absolute Gasteiger partial charge is 0.255 e. The number of hydrogen-bond donors (Lipinski definition) is 0. The molecule has 2 heterocycles. The van der Waals surface area contributed by atoms with Crippen LogP contribution in [0.2, 0.25) is 0 Å². The van der Waals surface area contributed by atoms with Crippen LogP contribution in [0.15, 0.2) is 42.7 Å². The van der Waals surface area contributed by atoms with Gasteiger partial charge in [0, 0.05) is 32.3 Å². The highest BCUT2D eigenvalue weighted by molar-refractivity contribution is 5.94. The summed E-state index contributed by atoms with van der Waals surface area (Å²) in [5, 5.41) is 0. The fraction of sp³-hybridized carbons (Fsp3) is 0.381. The van der Waals surface area contributed by atoms with Crippen LogP contribution in [0.1, 0.15) is 36.2 Å². The van der Waals surface area contributed by atoms with Gasteiger partial charge < -0.3 is 9.80 Å². The maximum Gasteiger partial charge on any atom is 0.255 e. The zero-order valence-electron chi connectivity index (χ0n) is 15.9. The molecule has 0 aliphatic carbocycles. The fourth-order valence-electron chi connectivity index (χ4n) is 3.43. The molecule has 7 heteroatoms. The van der Waals surface area contributed by atoms with Crippen molar-refractivity contribution in [3.05, 3.63) is 65.5 Å². The van der Waals surface area contributed by atoms with Crippen LogP contribution in [0.4, 0.5) is 8.78 Å². The van der Waals surface area contributed by atoms with E-state index in [0.717, 1.165) is 17.8 Å². The van der Waals surface area contributed by atoms with E-state index in [9.17, 15) is 18.4 Å². The summed E-state index contributed by atoms with van der Waals surface area (Å²) in [5.41, 5.74) is 0.997. The highest BCUT2D eigenvalue weighted by atomic mass is 19.1. The van der Waals surface area contributed by atoms with E-state index in [-0.39, 0.29) is 48.1 Å². The summed E-state index contributed by atoms with van der Waals surface area (Å²) in [6, 6.07) is 7.01. The van der Waals surface area contributed by atoms with E-state index in [1.165, 1.54) is 18.3 Å². The van der Waals surface area contributed by atoms with Crippen molar-refractivity contribution < 1.29 is 18.4 Å². The number of carbonyl (C=O) groups is 2. The Hall–Kier alpha value is -2.83. The minimum atomic E-state index is -0.574. The van der Waals surface area contributed by atoms with Gasteiger partial charge in [0.2, 0.25) is 5.91 Å². The van der Waals surface area contributed by atoms with Crippen molar-refractivity contribution in [3.8, 4) is 0 Å². The highest BCUT2D eigenvalue weighted by Crippen LogP contribution is 2.22. The van der Waals surface area contributed by atoms with Crippen LogP contribution >= 0.6 is 0 Å². The van der Waals surface area contributed by atoms with Crippen LogP contribution < -0.4 is 0 Å². The number of halogens is 2. The third-order valence-electron chi connectivity index (χ3n) is 5.00. The van der Waals surface area contributed by atoms with E-state index in [1.54, 1.807) is 21.9 Å². The van der Waals surface area contributed by atoms with Crippen LogP contribution in [0.5, 0.6) is 0 Å². The van der Waals surface area contributed by atoms with Crippen molar-refractivity contribution in [1.29, 1.82) is 0 Å². The Bertz CT molecular complexity index is 855. The zero-order chi connectivity index (χ0) is 20.3. The van der Waals surface area contributed by atoms with Gasteiger partial charge >= 0.3 is 0 Å². The molecule has 1 aromatic heterocycles.